The van der Waals surface area contributed by atoms with Gasteiger partial charge in [-0.1, -0.05) is 73.5 Å². The smallest absolute Gasteiger partial charge is 0.286 e. The van der Waals surface area contributed by atoms with E-state index in [0.29, 0.717) is 66.6 Å². The second-order valence-electron chi connectivity index (χ2n) is 27.4. The number of ketones is 1. The van der Waals surface area contributed by atoms with E-state index in [1.807, 2.05) is 50.2 Å². The van der Waals surface area contributed by atoms with Crippen molar-refractivity contribution >= 4 is 71.8 Å². The predicted molar refractivity (Wildman–Crippen MR) is 363 cm³/mol. The van der Waals surface area contributed by atoms with Gasteiger partial charge in [0.25, 0.3) is 11.8 Å². The van der Waals surface area contributed by atoms with Crippen molar-refractivity contribution in [1.82, 2.24) is 9.78 Å². The fraction of sp³-hybridized carbons (Fsp3) is 0.521. The largest absolute Gasteiger partial charge is 0.490 e. The van der Waals surface area contributed by atoms with Crippen LogP contribution in [0.3, 0.4) is 0 Å². The van der Waals surface area contributed by atoms with Crippen LogP contribution in [0.1, 0.15) is 131 Å². The number of fused-ring (bicyclic) bond motifs is 8. The molecule has 4 bridgehead atoms. The predicted octanol–water partition coefficient (Wildman–Crippen LogP) is 12.6. The molecular formula is C71H87Cl2N7O10S2. The molecule has 0 saturated heterocycles. The van der Waals surface area contributed by atoms with Gasteiger partial charge in [-0.15, -0.1) is 9.46 Å². The number of aromatic nitrogens is 2. The van der Waals surface area contributed by atoms with Gasteiger partial charge in [-0.2, -0.15) is 4.36 Å². The van der Waals surface area contributed by atoms with E-state index in [-0.39, 0.29) is 57.8 Å². The van der Waals surface area contributed by atoms with E-state index in [4.69, 9.17) is 52.0 Å². The Bertz CT molecular complexity index is 3970. The van der Waals surface area contributed by atoms with Crippen LogP contribution in [-0.4, -0.2) is 126 Å². The number of ether oxygens (including phenoxy) is 5. The number of carbonyl (C=O) groups excluding carboxylic acids is 3. The van der Waals surface area contributed by atoms with Crippen LogP contribution in [0.25, 0.3) is 0 Å². The topological polar surface area (TPSA) is 207 Å². The number of anilines is 2. The molecule has 13 rings (SSSR count). The Morgan fingerprint density at radius 3 is 1.66 bits per heavy atom. The molecule has 492 valence electrons. The van der Waals surface area contributed by atoms with Gasteiger partial charge in [0.05, 0.1) is 59.4 Å². The second-order valence-corrected chi connectivity index (χ2v) is 32.5. The van der Waals surface area contributed by atoms with Crippen LogP contribution in [-0.2, 0) is 59.8 Å². The average molecular weight is 1330 g/mol. The van der Waals surface area contributed by atoms with Crippen LogP contribution in [0.5, 0.6) is 17.4 Å². The minimum atomic E-state index is -3.34. The highest BCUT2D eigenvalue weighted by Gasteiger charge is 2.47. The first kappa shape index (κ1) is 66.0. The minimum absolute atomic E-state index is 0.0166. The van der Waals surface area contributed by atoms with Crippen LogP contribution in [0.2, 0.25) is 10.0 Å². The second kappa shape index (κ2) is 27.3. The van der Waals surface area contributed by atoms with E-state index in [9.17, 15) is 22.8 Å². The zero-order valence-electron chi connectivity index (χ0n) is 53.7. The quantitative estimate of drug-likeness (QED) is 0.124. The molecular weight excluding hydrogens is 1250 g/mol. The normalized spacial score (nSPS) is 31.8. The van der Waals surface area contributed by atoms with Crippen molar-refractivity contribution in [3.05, 3.63) is 152 Å². The van der Waals surface area contributed by atoms with E-state index < -0.39 is 43.0 Å². The average Bonchev–Trinajstić information content (AvgIpc) is 1.47. The maximum atomic E-state index is 14.7. The Kier molecular flexibility index (Phi) is 19.6. The Hall–Kier alpha value is -6.06. The maximum Gasteiger partial charge on any atom is 0.286 e. The minimum Gasteiger partial charge on any atom is -0.490 e. The summed E-state index contributed by atoms with van der Waals surface area (Å²) in [6.45, 7) is 8.11. The lowest BCUT2D eigenvalue weighted by Crippen LogP contribution is -2.49. The number of nitrogens with zero attached hydrogens (tertiary/aromatic N) is 6. The lowest BCUT2D eigenvalue weighted by Gasteiger charge is -2.46. The first-order valence-electron chi connectivity index (χ1n) is 32.6. The lowest BCUT2D eigenvalue weighted by molar-refractivity contribution is 0.0131. The number of nitrogens with two attached hydrogens (primary N) is 1. The molecule has 1 aromatic heterocycles. The van der Waals surface area contributed by atoms with Crippen LogP contribution in [0.4, 0.5) is 11.4 Å². The molecule has 92 heavy (non-hydrogen) atoms. The molecule has 21 heteroatoms. The van der Waals surface area contributed by atoms with Gasteiger partial charge >= 0.3 is 0 Å². The fourth-order valence-corrected chi connectivity index (χ4v) is 20.0. The van der Waals surface area contributed by atoms with Crippen molar-refractivity contribution in [3.8, 4) is 17.4 Å². The van der Waals surface area contributed by atoms with E-state index in [1.54, 1.807) is 39.6 Å². The van der Waals surface area contributed by atoms with Crippen molar-refractivity contribution in [3.63, 3.8) is 0 Å². The number of hydrogen-bond acceptors (Lipinski definition) is 13. The third-order valence-corrected chi connectivity index (χ3v) is 25.0. The van der Waals surface area contributed by atoms with Crippen molar-refractivity contribution < 1.29 is 46.5 Å². The zero-order valence-corrected chi connectivity index (χ0v) is 56.8. The van der Waals surface area contributed by atoms with E-state index in [1.165, 1.54) is 34.0 Å². The maximum absolute atomic E-state index is 14.7. The number of halogens is 2. The van der Waals surface area contributed by atoms with Crippen molar-refractivity contribution in [2.75, 3.05) is 87.8 Å². The van der Waals surface area contributed by atoms with Crippen LogP contribution >= 0.6 is 23.2 Å². The third-order valence-electron chi connectivity index (χ3n) is 20.7. The number of rotatable bonds is 6. The summed E-state index contributed by atoms with van der Waals surface area (Å²) in [7, 11) is 0.139. The van der Waals surface area contributed by atoms with Crippen molar-refractivity contribution in [2.24, 2.45) is 56.4 Å². The Labute approximate surface area is 552 Å². The van der Waals surface area contributed by atoms with Gasteiger partial charge in [0.2, 0.25) is 5.88 Å². The third kappa shape index (κ3) is 14.0. The monoisotopic (exact) mass is 1330 g/mol. The van der Waals surface area contributed by atoms with Gasteiger partial charge in [0, 0.05) is 97.2 Å². The number of benzene rings is 4. The number of carbonyl (C=O) groups is 3. The van der Waals surface area contributed by atoms with Gasteiger partial charge in [0.1, 0.15) is 27.0 Å². The number of amides is 2. The Morgan fingerprint density at radius 1 is 0.685 bits per heavy atom. The van der Waals surface area contributed by atoms with Crippen LogP contribution < -0.4 is 29.1 Å². The molecule has 2 fully saturated rings. The summed E-state index contributed by atoms with van der Waals surface area (Å²) in [5.74, 6) is 1.29. The van der Waals surface area contributed by atoms with Gasteiger partial charge < -0.3 is 33.5 Å². The molecule has 0 radical (unpaired) electrons. The molecule has 2 saturated carbocycles. The molecule has 2 N–H and O–H groups in total. The summed E-state index contributed by atoms with van der Waals surface area (Å²) < 4.78 is 68.3. The van der Waals surface area contributed by atoms with Crippen LogP contribution in [0.15, 0.2) is 112 Å². The number of methoxy groups -OCH3 is 3. The lowest BCUT2D eigenvalue weighted by atomic mass is 9.68. The summed E-state index contributed by atoms with van der Waals surface area (Å²) in [4.78, 5) is 45.7. The molecule has 8 aliphatic rings. The van der Waals surface area contributed by atoms with Gasteiger partial charge in [-0.05, 0) is 195 Å². The van der Waals surface area contributed by atoms with E-state index in [0.717, 1.165) is 118 Å². The summed E-state index contributed by atoms with van der Waals surface area (Å²) in [6.07, 6.45) is 21.8. The number of Topliss-reactive ketones (excluding diaryl/α,β-unsaturated/α-hetero) is 1. The standard InChI is InChI=1S/C39H47ClN4O6S.C32H40ClN3O4S/c1-25-7-5-9-35(48-3)30-13-10-28(30)19-44-23-39(16-6-8-26-17-29(40)12-14-32(26)39)24-50-36-15-11-27(18-33(36)44)37(46)42-51(47,21-25)22-34(45)31-20-43(2)41-38(31)49-4;1-21-5-3-7-29(39-2)26-11-8-24(26)17-36-19-32(14-4-6-22-15-25(33)10-12-27(22)32)20-40-30-13-9-23(16-28(30)36)31(37)35-41(34,38)18-21/h5,9,11-12,14-15,17-18,20,25,28,30,35H,6-8,10,13,16,19,21-24H2,1-4H3;3,7,9-10,12-13,15-16,21,24,26,29H,4-6,8,11,14,17-20H2,1-2H3,(H2,34,35,37,38)/b9-5-;7-3-/t25-,28-,30+,35-,39-,51+;21-,24-,26+,29-,32-,41?/m00/s1. The first-order valence-corrected chi connectivity index (χ1v) is 37.0. The Morgan fingerprint density at radius 2 is 1.18 bits per heavy atom. The number of hydrogen-bond donors (Lipinski definition) is 1. The highest BCUT2D eigenvalue weighted by atomic mass is 35.5. The first-order chi connectivity index (χ1) is 44.2. The highest BCUT2D eigenvalue weighted by Crippen LogP contribution is 2.50. The van der Waals surface area contributed by atoms with Crippen molar-refractivity contribution in [1.29, 1.82) is 0 Å². The molecule has 1 unspecified atom stereocenters. The summed E-state index contributed by atoms with van der Waals surface area (Å²) >= 11 is 12.9. The summed E-state index contributed by atoms with van der Waals surface area (Å²) in [5, 5.41) is 11.8. The van der Waals surface area contributed by atoms with Crippen LogP contribution in [0, 0.1) is 35.5 Å². The molecule has 5 heterocycles. The number of allylic oxidation sites excluding steroid dienone is 2. The molecule has 4 aromatic carbocycles. The SMILES string of the molecule is CO[C@H]1/C=C\C[C@H](C)CS(N)(=O)=NC(=O)c2ccc3c(c2)N(C[C@@H]2CC[C@H]21)C[C@@]1(CCCc2cc(Cl)ccc21)CO3.COc1nn(C)cc1C(=O)C[S@@]1(=O)=NC(=O)c2ccc3c(c2)N(C[C@@H]2CC[C@H]2[C@@H](OC)/C=C\C[C@H](C)C1)C[C@@]1(CCCc2cc(Cl)ccc21)CO3. The molecule has 5 aromatic rings. The van der Waals surface area contributed by atoms with Gasteiger partial charge in [-0.3, -0.25) is 19.1 Å². The molecule has 2 amide bonds. The van der Waals surface area contributed by atoms with E-state index >= 15 is 0 Å². The van der Waals surface area contributed by atoms with E-state index in [2.05, 4.69) is 72.2 Å². The molecule has 2 spiro atoms. The highest BCUT2D eigenvalue weighted by molar-refractivity contribution is 7.94. The van der Waals surface area contributed by atoms with Gasteiger partial charge in [-0.25, -0.2) is 13.6 Å². The molecule has 12 atom stereocenters. The molecule has 4 aliphatic heterocycles. The summed E-state index contributed by atoms with van der Waals surface area (Å²) in [5.41, 5.74) is 7.28. The number of aryl methyl sites for hydroxylation is 3. The van der Waals surface area contributed by atoms with Crippen molar-refractivity contribution in [2.45, 2.75) is 114 Å². The fourth-order valence-electron chi connectivity index (χ4n) is 15.9. The zero-order chi connectivity index (χ0) is 64.7. The molecule has 4 aliphatic carbocycles. The molecule has 17 nitrogen and oxygen atoms in total. The summed E-state index contributed by atoms with van der Waals surface area (Å²) in [6, 6.07) is 23.3. The van der Waals surface area contributed by atoms with Gasteiger partial charge in [0.15, 0.2) is 5.78 Å². The Balaban J connectivity index is 0.000000182.